The molecule has 1 aliphatic rings. The molecule has 20 heavy (non-hydrogen) atoms. The number of nitrogens with one attached hydrogen (secondary N) is 2. The standard InChI is InChI=1S/C13H16ClN3O3/c1-13(4-6-15-7-5-13)16-12(18)10-8-9(17(19)20)2-3-11(10)14/h2-3,8,15H,4-7H2,1H3,(H,16,18). The van der Waals surface area contributed by atoms with Crippen molar-refractivity contribution in [3.63, 3.8) is 0 Å². The zero-order valence-corrected chi connectivity index (χ0v) is 11.9. The van der Waals surface area contributed by atoms with Gasteiger partial charge in [0.2, 0.25) is 0 Å². The second kappa shape index (κ2) is 5.76. The van der Waals surface area contributed by atoms with Crippen LogP contribution in [0.3, 0.4) is 0 Å². The van der Waals surface area contributed by atoms with Crippen LogP contribution in [-0.2, 0) is 0 Å². The molecule has 6 nitrogen and oxygen atoms in total. The van der Waals surface area contributed by atoms with Gasteiger partial charge in [0.05, 0.1) is 15.5 Å². The summed E-state index contributed by atoms with van der Waals surface area (Å²) in [6.45, 7) is 3.63. The third-order valence-electron chi connectivity index (χ3n) is 3.53. The van der Waals surface area contributed by atoms with Crippen LogP contribution in [0.15, 0.2) is 18.2 Å². The lowest BCUT2D eigenvalue weighted by Crippen LogP contribution is -2.52. The third-order valence-corrected chi connectivity index (χ3v) is 3.86. The van der Waals surface area contributed by atoms with E-state index in [0.29, 0.717) is 0 Å². The van der Waals surface area contributed by atoms with Crippen LogP contribution in [0.2, 0.25) is 5.02 Å². The van der Waals surface area contributed by atoms with Gasteiger partial charge in [-0.3, -0.25) is 14.9 Å². The van der Waals surface area contributed by atoms with E-state index in [-0.39, 0.29) is 27.7 Å². The second-order valence-electron chi connectivity index (χ2n) is 5.19. The number of benzene rings is 1. The van der Waals surface area contributed by atoms with Crippen LogP contribution in [0.25, 0.3) is 0 Å². The van der Waals surface area contributed by atoms with E-state index in [1.165, 1.54) is 18.2 Å². The summed E-state index contributed by atoms with van der Waals surface area (Å²) in [5.41, 5.74) is -0.313. The van der Waals surface area contributed by atoms with Crippen molar-refractivity contribution in [3.05, 3.63) is 38.9 Å². The van der Waals surface area contributed by atoms with E-state index < -0.39 is 4.92 Å². The van der Waals surface area contributed by atoms with Crippen LogP contribution < -0.4 is 10.6 Å². The topological polar surface area (TPSA) is 84.3 Å². The van der Waals surface area contributed by atoms with Gasteiger partial charge < -0.3 is 10.6 Å². The molecule has 0 spiro atoms. The fraction of sp³-hybridized carbons (Fsp3) is 0.462. The van der Waals surface area contributed by atoms with Gasteiger partial charge in [-0.15, -0.1) is 0 Å². The van der Waals surface area contributed by atoms with Gasteiger partial charge in [-0.1, -0.05) is 11.6 Å². The highest BCUT2D eigenvalue weighted by atomic mass is 35.5. The van der Waals surface area contributed by atoms with Crippen LogP contribution in [0.5, 0.6) is 0 Å². The van der Waals surface area contributed by atoms with Crippen LogP contribution in [0.1, 0.15) is 30.1 Å². The number of carbonyl (C=O) groups excluding carboxylic acids is 1. The number of non-ortho nitro benzene ring substituents is 1. The van der Waals surface area contributed by atoms with Crippen molar-refractivity contribution >= 4 is 23.2 Å². The van der Waals surface area contributed by atoms with Gasteiger partial charge in [-0.25, -0.2) is 0 Å². The maximum absolute atomic E-state index is 12.3. The van der Waals surface area contributed by atoms with Gasteiger partial charge in [-0.2, -0.15) is 0 Å². The molecular formula is C13H16ClN3O3. The molecule has 0 radical (unpaired) electrons. The van der Waals surface area contributed by atoms with E-state index in [1.807, 2.05) is 6.92 Å². The average molecular weight is 298 g/mol. The zero-order chi connectivity index (χ0) is 14.8. The molecule has 0 bridgehead atoms. The molecule has 0 aliphatic carbocycles. The monoisotopic (exact) mass is 297 g/mol. The molecule has 0 unspecified atom stereocenters. The van der Waals surface area contributed by atoms with Crippen LogP contribution in [-0.4, -0.2) is 29.5 Å². The number of nitro benzene ring substituents is 1. The Bertz CT molecular complexity index is 542. The number of rotatable bonds is 3. The highest BCUT2D eigenvalue weighted by Gasteiger charge is 2.29. The lowest BCUT2D eigenvalue weighted by Gasteiger charge is -2.35. The summed E-state index contributed by atoms with van der Waals surface area (Å²) in [6.07, 6.45) is 1.62. The fourth-order valence-electron chi connectivity index (χ4n) is 2.25. The first kappa shape index (κ1) is 14.7. The summed E-state index contributed by atoms with van der Waals surface area (Å²) in [4.78, 5) is 22.5. The first-order valence-corrected chi connectivity index (χ1v) is 6.76. The molecule has 1 saturated heterocycles. The molecular weight excluding hydrogens is 282 g/mol. The molecule has 0 aromatic heterocycles. The van der Waals surface area contributed by atoms with Crippen molar-refractivity contribution in [1.29, 1.82) is 0 Å². The molecule has 2 rings (SSSR count). The molecule has 1 fully saturated rings. The summed E-state index contributed by atoms with van der Waals surface area (Å²) in [6, 6.07) is 3.87. The summed E-state index contributed by atoms with van der Waals surface area (Å²) in [5, 5.41) is 17.1. The quantitative estimate of drug-likeness (QED) is 0.661. The molecule has 7 heteroatoms. The Labute approximate surface area is 121 Å². The Morgan fingerprint density at radius 2 is 2.10 bits per heavy atom. The molecule has 0 atom stereocenters. The number of amides is 1. The van der Waals surface area contributed by atoms with Crippen LogP contribution in [0.4, 0.5) is 5.69 Å². The van der Waals surface area contributed by atoms with Crippen molar-refractivity contribution in [2.75, 3.05) is 13.1 Å². The molecule has 108 valence electrons. The van der Waals surface area contributed by atoms with Crippen LogP contribution >= 0.6 is 11.6 Å². The van der Waals surface area contributed by atoms with Gasteiger partial charge in [-0.05, 0) is 38.9 Å². The molecule has 1 aliphatic heterocycles. The molecule has 1 aromatic rings. The Balaban J connectivity index is 2.20. The van der Waals surface area contributed by atoms with E-state index in [4.69, 9.17) is 11.6 Å². The summed E-state index contributed by atoms with van der Waals surface area (Å²) >= 11 is 5.96. The predicted molar refractivity (Wildman–Crippen MR) is 76.1 cm³/mol. The first-order valence-electron chi connectivity index (χ1n) is 6.38. The minimum absolute atomic E-state index is 0.139. The molecule has 1 aromatic carbocycles. The second-order valence-corrected chi connectivity index (χ2v) is 5.59. The minimum Gasteiger partial charge on any atom is -0.347 e. The molecule has 2 N–H and O–H groups in total. The Kier molecular flexibility index (Phi) is 4.25. The maximum Gasteiger partial charge on any atom is 0.270 e. The number of hydrogen-bond donors (Lipinski definition) is 2. The van der Waals surface area contributed by atoms with Gasteiger partial charge in [0.25, 0.3) is 11.6 Å². The molecule has 0 saturated carbocycles. The first-order chi connectivity index (χ1) is 9.41. The normalized spacial score (nSPS) is 17.5. The SMILES string of the molecule is CC1(NC(=O)c2cc([N+](=O)[O-])ccc2Cl)CCNCC1. The Morgan fingerprint density at radius 3 is 2.70 bits per heavy atom. The summed E-state index contributed by atoms with van der Waals surface area (Å²) in [5.74, 6) is -0.372. The Hall–Kier alpha value is -1.66. The number of nitro groups is 1. The van der Waals surface area contributed by atoms with Crippen molar-refractivity contribution < 1.29 is 9.72 Å². The number of halogens is 1. The van der Waals surface area contributed by atoms with E-state index in [2.05, 4.69) is 10.6 Å². The summed E-state index contributed by atoms with van der Waals surface area (Å²) in [7, 11) is 0. The zero-order valence-electron chi connectivity index (χ0n) is 11.1. The lowest BCUT2D eigenvalue weighted by atomic mass is 9.90. The van der Waals surface area contributed by atoms with E-state index >= 15 is 0 Å². The van der Waals surface area contributed by atoms with E-state index in [1.54, 1.807) is 0 Å². The van der Waals surface area contributed by atoms with Gasteiger partial charge in [0.1, 0.15) is 0 Å². The smallest absolute Gasteiger partial charge is 0.270 e. The van der Waals surface area contributed by atoms with Crippen molar-refractivity contribution in [2.45, 2.75) is 25.3 Å². The highest BCUT2D eigenvalue weighted by molar-refractivity contribution is 6.34. The Morgan fingerprint density at radius 1 is 1.45 bits per heavy atom. The number of hydrogen-bond acceptors (Lipinski definition) is 4. The van der Waals surface area contributed by atoms with Crippen molar-refractivity contribution in [3.8, 4) is 0 Å². The molecule has 1 amide bonds. The minimum atomic E-state index is -0.542. The highest BCUT2D eigenvalue weighted by Crippen LogP contribution is 2.24. The summed E-state index contributed by atoms with van der Waals surface area (Å²) < 4.78 is 0. The van der Waals surface area contributed by atoms with Crippen LogP contribution in [0, 0.1) is 10.1 Å². The number of nitrogens with zero attached hydrogens (tertiary/aromatic N) is 1. The molecule has 1 heterocycles. The van der Waals surface area contributed by atoms with Gasteiger partial charge in [0.15, 0.2) is 0 Å². The maximum atomic E-state index is 12.3. The van der Waals surface area contributed by atoms with Gasteiger partial charge in [0, 0.05) is 17.7 Å². The third kappa shape index (κ3) is 3.26. The largest absolute Gasteiger partial charge is 0.347 e. The van der Waals surface area contributed by atoms with Crippen molar-refractivity contribution in [1.82, 2.24) is 10.6 Å². The van der Waals surface area contributed by atoms with E-state index in [0.717, 1.165) is 25.9 Å². The fourth-order valence-corrected chi connectivity index (χ4v) is 2.45. The lowest BCUT2D eigenvalue weighted by molar-refractivity contribution is -0.384. The number of piperidine rings is 1. The average Bonchev–Trinajstić information content (AvgIpc) is 2.39. The van der Waals surface area contributed by atoms with Crippen molar-refractivity contribution in [2.24, 2.45) is 0 Å². The predicted octanol–water partition coefficient (Wildman–Crippen LogP) is 2.12. The van der Waals surface area contributed by atoms with E-state index in [9.17, 15) is 14.9 Å². The number of carbonyl (C=O) groups is 1. The van der Waals surface area contributed by atoms with Gasteiger partial charge >= 0.3 is 0 Å².